The zero-order valence-corrected chi connectivity index (χ0v) is 7.19. The molecule has 66 valence electrons. The van der Waals surface area contributed by atoms with Crippen molar-refractivity contribution in [1.82, 2.24) is 0 Å². The summed E-state index contributed by atoms with van der Waals surface area (Å²) in [6.45, 7) is 0. The molecule has 0 fully saturated rings. The normalized spacial score (nSPS) is 9.00. The van der Waals surface area contributed by atoms with Gasteiger partial charge in [0.1, 0.15) is 0 Å². The van der Waals surface area contributed by atoms with Crippen LogP contribution in [0, 0.1) is 0 Å². The Morgan fingerprint density at radius 3 is 2.69 bits per heavy atom. The minimum absolute atomic E-state index is 0.266. The van der Waals surface area contributed by atoms with E-state index in [1.165, 1.54) is 12.1 Å². The molecule has 0 saturated heterocycles. The smallest absolute Gasteiger partial charge is 0.419 e. The topological polar surface area (TPSA) is 73.7 Å². The van der Waals surface area contributed by atoms with E-state index in [0.29, 0.717) is 5.02 Å². The van der Waals surface area contributed by atoms with Crippen molar-refractivity contribution in [3.05, 3.63) is 40.4 Å². The van der Waals surface area contributed by atoms with E-state index in [4.69, 9.17) is 22.2 Å². The molecule has 0 bridgehead atoms. The second-order valence-electron chi connectivity index (χ2n) is 2.26. The molecule has 13 heavy (non-hydrogen) atoms. The van der Waals surface area contributed by atoms with Crippen molar-refractivity contribution in [2.75, 3.05) is 0 Å². The summed E-state index contributed by atoms with van der Waals surface area (Å²) in [5.74, 6) is -1.30. The summed E-state index contributed by atoms with van der Waals surface area (Å²) in [4.78, 5) is 13.2. The first kappa shape index (κ1) is 9.45. The van der Waals surface area contributed by atoms with Crippen LogP contribution in [0.1, 0.15) is 5.56 Å². The quantitative estimate of drug-likeness (QED) is 0.442. The van der Waals surface area contributed by atoms with Crippen LogP contribution < -0.4 is 0 Å². The van der Waals surface area contributed by atoms with Gasteiger partial charge in [-0.1, -0.05) is 17.7 Å². The highest BCUT2D eigenvalue weighted by atomic mass is 35.5. The second-order valence-corrected chi connectivity index (χ2v) is 2.70. The highest BCUT2D eigenvalue weighted by Gasteiger charge is 2.21. The molecule has 0 unspecified atom stereocenters. The summed E-state index contributed by atoms with van der Waals surface area (Å²) in [7, 11) is 0. The molecule has 1 rings (SSSR count). The average molecular weight is 197 g/mol. The van der Waals surface area contributed by atoms with Gasteiger partial charge in [0.05, 0.1) is 5.56 Å². The Balaban J connectivity index is 3.21. The molecule has 0 radical (unpaired) electrons. The van der Waals surface area contributed by atoms with E-state index in [1.54, 1.807) is 12.1 Å². The third-order valence-electron chi connectivity index (χ3n) is 1.40. The third kappa shape index (κ3) is 2.15. The maximum Gasteiger partial charge on any atom is 0.419 e. The van der Waals surface area contributed by atoms with Crippen molar-refractivity contribution >= 4 is 23.3 Å². The van der Waals surface area contributed by atoms with Crippen LogP contribution in [-0.2, 0) is 4.79 Å². The van der Waals surface area contributed by atoms with Crippen molar-refractivity contribution in [2.45, 2.75) is 0 Å². The molecule has 0 saturated carbocycles. The van der Waals surface area contributed by atoms with Gasteiger partial charge in [-0.25, -0.2) is 4.79 Å². The van der Waals surface area contributed by atoms with E-state index in [-0.39, 0.29) is 5.56 Å². The number of carboxylic acid groups (broad SMARTS) is 1. The fourth-order valence-electron chi connectivity index (χ4n) is 0.860. The first-order valence-electron chi connectivity index (χ1n) is 3.36. The first-order chi connectivity index (χ1) is 6.15. The van der Waals surface area contributed by atoms with E-state index >= 15 is 0 Å². The van der Waals surface area contributed by atoms with Gasteiger partial charge in [-0.3, -0.25) is 0 Å². The molecule has 0 aromatic heterocycles. The number of carbonyl (C=O) groups is 1. The van der Waals surface area contributed by atoms with Crippen molar-refractivity contribution in [2.24, 2.45) is 0 Å². The van der Waals surface area contributed by atoms with Crippen molar-refractivity contribution in [1.29, 1.82) is 0 Å². The van der Waals surface area contributed by atoms with Crippen LogP contribution in [0.3, 0.4) is 0 Å². The van der Waals surface area contributed by atoms with Crippen molar-refractivity contribution in [3.63, 3.8) is 0 Å². The van der Waals surface area contributed by atoms with Gasteiger partial charge in [-0.2, -0.15) is 4.79 Å². The molecule has 0 spiro atoms. The van der Waals surface area contributed by atoms with E-state index < -0.39 is 11.7 Å². The maximum atomic E-state index is 10.5. The fourth-order valence-corrected chi connectivity index (χ4v) is 1.05. The van der Waals surface area contributed by atoms with Crippen molar-refractivity contribution in [3.8, 4) is 0 Å². The number of hydrogen-bond acceptors (Lipinski definition) is 1. The van der Waals surface area contributed by atoms with Gasteiger partial charge in [0.15, 0.2) is 0 Å². The summed E-state index contributed by atoms with van der Waals surface area (Å²) >= 11 is 5.62. The molecular formula is C8H5ClN2O2. The van der Waals surface area contributed by atoms with Gasteiger partial charge < -0.3 is 10.6 Å². The van der Waals surface area contributed by atoms with Crippen LogP contribution in [0.15, 0.2) is 24.3 Å². The highest BCUT2D eigenvalue weighted by Crippen LogP contribution is 2.10. The number of nitrogens with zero attached hydrogens (tertiary/aromatic N) is 2. The van der Waals surface area contributed by atoms with E-state index in [1.807, 2.05) is 0 Å². The number of carboxylic acids is 1. The molecule has 4 nitrogen and oxygen atoms in total. The van der Waals surface area contributed by atoms with Crippen LogP contribution in [0.2, 0.25) is 5.02 Å². The lowest BCUT2D eigenvalue weighted by molar-refractivity contribution is -0.133. The molecule has 0 aliphatic heterocycles. The highest BCUT2D eigenvalue weighted by molar-refractivity contribution is 6.40. The lowest BCUT2D eigenvalue weighted by Crippen LogP contribution is -2.15. The summed E-state index contributed by atoms with van der Waals surface area (Å²) in [5, 5.41) is 8.97. The number of aliphatic carboxylic acids is 1. The molecule has 0 heterocycles. The Labute approximate surface area is 79.0 Å². The molecule has 1 aromatic rings. The van der Waals surface area contributed by atoms with Gasteiger partial charge in [0, 0.05) is 5.02 Å². The molecule has 0 atom stereocenters. The Bertz CT molecular complexity index is 397. The summed E-state index contributed by atoms with van der Waals surface area (Å²) in [6, 6.07) is 6.08. The molecule has 0 aliphatic carbocycles. The number of halogens is 1. The minimum atomic E-state index is -1.30. The van der Waals surface area contributed by atoms with Gasteiger partial charge in [0.2, 0.25) is 0 Å². The molecular weight excluding hydrogens is 192 g/mol. The van der Waals surface area contributed by atoms with Gasteiger partial charge in [-0.05, 0) is 18.2 Å². The summed E-state index contributed by atoms with van der Waals surface area (Å²) < 4.78 is 0. The Kier molecular flexibility index (Phi) is 2.80. The van der Waals surface area contributed by atoms with Crippen LogP contribution in [0.4, 0.5) is 0 Å². The molecule has 5 heteroatoms. The predicted molar refractivity (Wildman–Crippen MR) is 46.8 cm³/mol. The Morgan fingerprint density at radius 1 is 1.54 bits per heavy atom. The number of benzene rings is 1. The summed E-state index contributed by atoms with van der Waals surface area (Å²) in [5.41, 5.74) is 8.24. The average Bonchev–Trinajstić information content (AvgIpc) is 2.04. The third-order valence-corrected chi connectivity index (χ3v) is 1.64. The van der Waals surface area contributed by atoms with Crippen LogP contribution in [-0.4, -0.2) is 21.6 Å². The lowest BCUT2D eigenvalue weighted by atomic mass is 10.1. The standard InChI is InChI=1S/C8H5ClN2O2/c9-6-3-1-2-5(4-6)7(11-10)8(12)13/h1-4H,(H,12,13). The van der Waals surface area contributed by atoms with Crippen molar-refractivity contribution < 1.29 is 14.7 Å². The van der Waals surface area contributed by atoms with Gasteiger partial charge >= 0.3 is 11.7 Å². The number of rotatable bonds is 2. The lowest BCUT2D eigenvalue weighted by Gasteiger charge is -1.92. The summed E-state index contributed by atoms with van der Waals surface area (Å²) in [6.07, 6.45) is 0. The molecule has 0 amide bonds. The van der Waals surface area contributed by atoms with E-state index in [9.17, 15) is 4.79 Å². The number of hydrogen-bond donors (Lipinski definition) is 1. The molecule has 1 N–H and O–H groups in total. The van der Waals surface area contributed by atoms with E-state index in [0.717, 1.165) is 0 Å². The van der Waals surface area contributed by atoms with Gasteiger partial charge in [0.25, 0.3) is 0 Å². The second kappa shape index (κ2) is 3.85. The minimum Gasteiger partial charge on any atom is -0.472 e. The monoisotopic (exact) mass is 196 g/mol. The SMILES string of the molecule is [N-]=[N+]=C(C(=O)O)c1cccc(Cl)c1. The largest absolute Gasteiger partial charge is 0.472 e. The van der Waals surface area contributed by atoms with Crippen LogP contribution >= 0.6 is 11.6 Å². The van der Waals surface area contributed by atoms with Crippen LogP contribution in [0.25, 0.3) is 5.53 Å². The Hall–Kier alpha value is -1.64. The maximum absolute atomic E-state index is 10.5. The van der Waals surface area contributed by atoms with Gasteiger partial charge in [-0.15, -0.1) is 0 Å². The molecule has 0 aliphatic rings. The molecule has 1 aromatic carbocycles. The predicted octanol–water partition coefficient (Wildman–Crippen LogP) is 1.44. The van der Waals surface area contributed by atoms with E-state index in [2.05, 4.69) is 4.79 Å². The fraction of sp³-hybridized carbons (Fsp3) is 0. The first-order valence-corrected chi connectivity index (χ1v) is 3.74. The van der Waals surface area contributed by atoms with Crippen LogP contribution in [0.5, 0.6) is 0 Å². The zero-order valence-electron chi connectivity index (χ0n) is 6.44. The zero-order chi connectivity index (χ0) is 9.84. The Morgan fingerprint density at radius 2 is 2.23 bits per heavy atom.